The molecule has 2 amide bonds. The third kappa shape index (κ3) is 3.30. The van der Waals surface area contributed by atoms with Gasteiger partial charge >= 0.3 is 0 Å². The number of ether oxygens (including phenoxy) is 1. The Morgan fingerprint density at radius 3 is 2.72 bits per heavy atom. The highest BCUT2D eigenvalue weighted by Crippen LogP contribution is 2.31. The van der Waals surface area contributed by atoms with Crippen LogP contribution < -0.4 is 15.8 Å². The Morgan fingerprint density at radius 1 is 1.36 bits per heavy atom. The molecule has 132 valence electrons. The second kappa shape index (κ2) is 6.36. The molecular formula is C17H18N2O5S. The van der Waals surface area contributed by atoms with Crippen molar-refractivity contribution < 1.29 is 22.7 Å². The van der Waals surface area contributed by atoms with Gasteiger partial charge in [0.05, 0.1) is 23.3 Å². The van der Waals surface area contributed by atoms with Crippen molar-refractivity contribution in [2.45, 2.75) is 23.8 Å². The third-order valence-electron chi connectivity index (χ3n) is 4.27. The quantitative estimate of drug-likeness (QED) is 0.823. The van der Waals surface area contributed by atoms with Crippen LogP contribution in [-0.2, 0) is 14.6 Å². The number of primary amides is 1. The second-order valence-electron chi connectivity index (χ2n) is 5.98. The minimum Gasteiger partial charge on any atom is -0.496 e. The molecule has 3 rings (SSSR count). The van der Waals surface area contributed by atoms with E-state index >= 15 is 0 Å². The van der Waals surface area contributed by atoms with E-state index in [0.717, 1.165) is 0 Å². The lowest BCUT2D eigenvalue weighted by atomic mass is 10.1. The summed E-state index contributed by atoms with van der Waals surface area (Å²) in [5, 5.41) is 3.70. The highest BCUT2D eigenvalue weighted by Gasteiger charge is 2.28. The molecule has 0 radical (unpaired) electrons. The van der Waals surface area contributed by atoms with Crippen LogP contribution in [0.1, 0.15) is 23.2 Å². The van der Waals surface area contributed by atoms with Gasteiger partial charge in [0.2, 0.25) is 5.91 Å². The summed E-state index contributed by atoms with van der Waals surface area (Å²) in [4.78, 5) is 23.0. The zero-order valence-electron chi connectivity index (χ0n) is 13.6. The number of rotatable bonds is 5. The molecule has 1 heterocycles. The maximum atomic E-state index is 12.8. The Balaban J connectivity index is 2.09. The summed E-state index contributed by atoms with van der Waals surface area (Å²) < 4.78 is 30.9. The molecule has 8 heteroatoms. The summed E-state index contributed by atoms with van der Waals surface area (Å²) in [5.41, 5.74) is 5.54. The Kier molecular flexibility index (Phi) is 4.38. The van der Waals surface area contributed by atoms with Gasteiger partial charge in [-0.05, 0) is 30.0 Å². The van der Waals surface area contributed by atoms with Crippen molar-refractivity contribution in [1.82, 2.24) is 5.32 Å². The number of nitrogens with one attached hydrogen (secondary N) is 1. The molecule has 0 bridgehead atoms. The molecule has 2 aromatic carbocycles. The molecule has 0 aromatic heterocycles. The summed E-state index contributed by atoms with van der Waals surface area (Å²) in [7, 11) is -2.25. The van der Waals surface area contributed by atoms with Gasteiger partial charge < -0.3 is 15.8 Å². The molecule has 0 saturated carbocycles. The predicted molar refractivity (Wildman–Crippen MR) is 92.2 cm³/mol. The molecule has 0 spiro atoms. The van der Waals surface area contributed by atoms with Gasteiger partial charge in [-0.25, -0.2) is 8.42 Å². The number of amides is 2. The second-order valence-corrected chi connectivity index (χ2v) is 7.98. The van der Waals surface area contributed by atoms with Crippen LogP contribution in [0.4, 0.5) is 0 Å². The van der Waals surface area contributed by atoms with E-state index in [0.29, 0.717) is 23.6 Å². The highest BCUT2D eigenvalue weighted by atomic mass is 32.2. The summed E-state index contributed by atoms with van der Waals surface area (Å²) in [6, 6.07) is 7.47. The van der Waals surface area contributed by atoms with Crippen LogP contribution in [-0.4, -0.2) is 39.1 Å². The number of nitrogens with two attached hydrogens (primary N) is 1. The Bertz CT molecular complexity index is 968. The maximum Gasteiger partial charge on any atom is 0.252 e. The fourth-order valence-electron chi connectivity index (χ4n) is 3.07. The van der Waals surface area contributed by atoms with Crippen LogP contribution in [0.2, 0.25) is 0 Å². The number of benzene rings is 2. The van der Waals surface area contributed by atoms with Crippen LogP contribution in [0.3, 0.4) is 0 Å². The molecule has 1 aliphatic heterocycles. The van der Waals surface area contributed by atoms with Crippen molar-refractivity contribution in [3.63, 3.8) is 0 Å². The molecule has 2 aromatic rings. The normalized spacial score (nSPS) is 17.5. The molecule has 1 aliphatic rings. The molecule has 1 unspecified atom stereocenters. The molecule has 25 heavy (non-hydrogen) atoms. The fraction of sp³-hybridized carbons (Fsp3) is 0.294. The minimum atomic E-state index is -3.64. The van der Waals surface area contributed by atoms with E-state index in [2.05, 4.69) is 5.32 Å². The zero-order chi connectivity index (χ0) is 18.2. The topological polar surface area (TPSA) is 116 Å². The molecule has 1 saturated heterocycles. The zero-order valence-corrected chi connectivity index (χ0v) is 14.4. The number of carbonyl (C=O) groups excluding carboxylic acids is 2. The molecule has 1 fully saturated rings. The summed E-state index contributed by atoms with van der Waals surface area (Å²) in [6.45, 7) is 0. The summed E-state index contributed by atoms with van der Waals surface area (Å²) in [5.74, 6) is -0.735. The van der Waals surface area contributed by atoms with Gasteiger partial charge in [0.1, 0.15) is 5.75 Å². The van der Waals surface area contributed by atoms with E-state index < -0.39 is 15.7 Å². The van der Waals surface area contributed by atoms with E-state index in [9.17, 15) is 18.0 Å². The van der Waals surface area contributed by atoms with Crippen molar-refractivity contribution >= 4 is 32.4 Å². The lowest BCUT2D eigenvalue weighted by Crippen LogP contribution is -2.32. The summed E-state index contributed by atoms with van der Waals surface area (Å²) in [6.07, 6.45) is 0.837. The first-order valence-electron chi connectivity index (χ1n) is 7.74. The number of methoxy groups -OCH3 is 1. The molecule has 1 atom stereocenters. The van der Waals surface area contributed by atoms with Crippen molar-refractivity contribution in [3.8, 4) is 5.75 Å². The highest BCUT2D eigenvalue weighted by molar-refractivity contribution is 7.91. The first kappa shape index (κ1) is 17.2. The van der Waals surface area contributed by atoms with E-state index in [1.807, 2.05) is 0 Å². The van der Waals surface area contributed by atoms with Crippen LogP contribution >= 0.6 is 0 Å². The fourth-order valence-corrected chi connectivity index (χ4v) is 4.82. The molecule has 3 N–H and O–H groups in total. The van der Waals surface area contributed by atoms with Gasteiger partial charge in [0.25, 0.3) is 5.91 Å². The molecule has 0 aliphatic carbocycles. The van der Waals surface area contributed by atoms with E-state index in [4.69, 9.17) is 10.5 Å². The Morgan fingerprint density at radius 2 is 2.12 bits per heavy atom. The van der Waals surface area contributed by atoms with Gasteiger partial charge in [-0.2, -0.15) is 0 Å². The van der Waals surface area contributed by atoms with Crippen molar-refractivity contribution in [2.75, 3.05) is 12.9 Å². The van der Waals surface area contributed by atoms with Gasteiger partial charge in [0, 0.05) is 17.8 Å². The lowest BCUT2D eigenvalue weighted by Gasteiger charge is -2.14. The van der Waals surface area contributed by atoms with E-state index in [1.165, 1.54) is 25.3 Å². The van der Waals surface area contributed by atoms with Crippen LogP contribution in [0.15, 0.2) is 35.2 Å². The Hall–Kier alpha value is -2.61. The average molecular weight is 362 g/mol. The van der Waals surface area contributed by atoms with Gasteiger partial charge in [-0.1, -0.05) is 12.1 Å². The van der Waals surface area contributed by atoms with Gasteiger partial charge in [-0.3, -0.25) is 9.59 Å². The molecular weight excluding hydrogens is 344 g/mol. The number of fused-ring (bicyclic) bond motifs is 1. The monoisotopic (exact) mass is 362 g/mol. The van der Waals surface area contributed by atoms with Crippen molar-refractivity contribution in [2.24, 2.45) is 5.73 Å². The van der Waals surface area contributed by atoms with Crippen LogP contribution in [0.25, 0.3) is 10.8 Å². The minimum absolute atomic E-state index is 0.133. The van der Waals surface area contributed by atoms with Crippen LogP contribution in [0, 0.1) is 0 Å². The smallest absolute Gasteiger partial charge is 0.252 e. The van der Waals surface area contributed by atoms with Crippen molar-refractivity contribution in [1.29, 1.82) is 0 Å². The predicted octanol–water partition coefficient (Wildman–Crippen LogP) is 1.000. The first-order chi connectivity index (χ1) is 11.8. The standard InChI is InChI=1S/C17H18N2O5S/c1-24-14-8-12-10(7-13(14)17(18)21)3-2-4-15(12)25(22,23)9-11-5-6-16(20)19-11/h2-4,7-8,11H,5-6,9H2,1H3,(H2,18,21)(H,19,20). The number of hydrogen-bond donors (Lipinski definition) is 2. The van der Waals surface area contributed by atoms with Gasteiger partial charge in [0.15, 0.2) is 9.84 Å². The number of hydrogen-bond acceptors (Lipinski definition) is 5. The average Bonchev–Trinajstić information content (AvgIpc) is 2.96. The first-order valence-corrected chi connectivity index (χ1v) is 9.40. The SMILES string of the molecule is COc1cc2c(S(=O)(=O)CC3CCC(=O)N3)cccc2cc1C(N)=O. The Labute approximate surface area is 145 Å². The van der Waals surface area contributed by atoms with Gasteiger partial charge in [-0.15, -0.1) is 0 Å². The number of carbonyl (C=O) groups is 2. The van der Waals surface area contributed by atoms with E-state index in [1.54, 1.807) is 12.1 Å². The van der Waals surface area contributed by atoms with Crippen LogP contribution in [0.5, 0.6) is 5.75 Å². The van der Waals surface area contributed by atoms with E-state index in [-0.39, 0.29) is 33.9 Å². The maximum absolute atomic E-state index is 12.8. The third-order valence-corrected chi connectivity index (χ3v) is 6.13. The van der Waals surface area contributed by atoms with Crippen molar-refractivity contribution in [3.05, 3.63) is 35.9 Å². The largest absolute Gasteiger partial charge is 0.496 e. The lowest BCUT2D eigenvalue weighted by molar-refractivity contribution is -0.119. The molecule has 7 nitrogen and oxygen atoms in total. The summed E-state index contributed by atoms with van der Waals surface area (Å²) >= 11 is 0. The number of sulfone groups is 1.